The first-order valence-corrected chi connectivity index (χ1v) is 11.3. The first-order chi connectivity index (χ1) is 15.2. The Labute approximate surface area is 185 Å². The molecule has 166 valence electrons. The second-order valence-electron chi connectivity index (χ2n) is 7.92. The fourth-order valence-corrected chi connectivity index (χ4v) is 3.64. The van der Waals surface area contributed by atoms with Crippen LogP contribution in [0.15, 0.2) is 48.5 Å². The average Bonchev–Trinajstić information content (AvgIpc) is 3.32. The smallest absolute Gasteiger partial charge is 0.253 e. The van der Waals surface area contributed by atoms with Gasteiger partial charge in [0, 0.05) is 36.1 Å². The summed E-state index contributed by atoms with van der Waals surface area (Å²) >= 11 is 0. The highest BCUT2D eigenvalue weighted by molar-refractivity contribution is 5.96. The zero-order valence-corrected chi connectivity index (χ0v) is 18.4. The Morgan fingerprint density at radius 3 is 2.55 bits per heavy atom. The monoisotopic (exact) mass is 423 g/mol. The number of amides is 2. The molecule has 0 radical (unpaired) electrons. The maximum Gasteiger partial charge on any atom is 0.253 e. The Bertz CT molecular complexity index is 863. The Balaban J connectivity index is 1.46. The molecule has 1 fully saturated rings. The minimum Gasteiger partial charge on any atom is -0.494 e. The summed E-state index contributed by atoms with van der Waals surface area (Å²) in [5.41, 5.74) is 2.11. The predicted octanol–water partition coefficient (Wildman–Crippen LogP) is 4.93. The largest absolute Gasteiger partial charge is 0.494 e. The molecule has 0 bridgehead atoms. The van der Waals surface area contributed by atoms with Crippen LogP contribution < -0.4 is 15.4 Å². The molecule has 1 saturated heterocycles. The minimum absolute atomic E-state index is 0.0529. The van der Waals surface area contributed by atoms with Crippen molar-refractivity contribution in [3.8, 4) is 5.75 Å². The van der Waals surface area contributed by atoms with Crippen LogP contribution in [-0.4, -0.2) is 43.0 Å². The summed E-state index contributed by atoms with van der Waals surface area (Å²) in [5, 5.41) is 5.99. The van der Waals surface area contributed by atoms with Crippen molar-refractivity contribution in [2.75, 3.05) is 36.9 Å². The van der Waals surface area contributed by atoms with Crippen LogP contribution in [-0.2, 0) is 4.79 Å². The molecule has 0 saturated carbocycles. The molecule has 2 amide bonds. The van der Waals surface area contributed by atoms with E-state index < -0.39 is 0 Å². The van der Waals surface area contributed by atoms with E-state index in [4.69, 9.17) is 4.74 Å². The van der Waals surface area contributed by atoms with Crippen LogP contribution in [0.5, 0.6) is 5.75 Å². The van der Waals surface area contributed by atoms with Gasteiger partial charge in [-0.15, -0.1) is 0 Å². The van der Waals surface area contributed by atoms with Crippen LogP contribution >= 0.6 is 0 Å². The summed E-state index contributed by atoms with van der Waals surface area (Å²) in [7, 11) is 0. The van der Waals surface area contributed by atoms with Gasteiger partial charge in [0.05, 0.1) is 13.2 Å². The highest BCUT2D eigenvalue weighted by Gasteiger charge is 2.19. The van der Waals surface area contributed by atoms with E-state index in [9.17, 15) is 9.59 Å². The third-order valence-corrected chi connectivity index (χ3v) is 5.34. The van der Waals surface area contributed by atoms with Crippen molar-refractivity contribution in [2.24, 2.45) is 0 Å². The highest BCUT2D eigenvalue weighted by Crippen LogP contribution is 2.19. The Kier molecular flexibility index (Phi) is 8.76. The first-order valence-electron chi connectivity index (χ1n) is 11.3. The number of nitrogens with zero attached hydrogens (tertiary/aromatic N) is 1. The molecule has 0 aliphatic carbocycles. The topological polar surface area (TPSA) is 70.7 Å². The molecule has 6 heteroatoms. The SMILES string of the molecule is CCCCCCOc1cccc(NC(=O)CNc2cccc(C(=O)N3CCCC3)c2)c1. The van der Waals surface area contributed by atoms with Crippen molar-refractivity contribution in [1.29, 1.82) is 0 Å². The summed E-state index contributed by atoms with van der Waals surface area (Å²) in [6.07, 6.45) is 6.76. The van der Waals surface area contributed by atoms with Crippen molar-refractivity contribution in [3.05, 3.63) is 54.1 Å². The lowest BCUT2D eigenvalue weighted by atomic mass is 10.1. The molecule has 6 nitrogen and oxygen atoms in total. The average molecular weight is 424 g/mol. The number of rotatable bonds is 11. The summed E-state index contributed by atoms with van der Waals surface area (Å²) in [5.74, 6) is 0.656. The Hall–Kier alpha value is -3.02. The van der Waals surface area contributed by atoms with Crippen LogP contribution in [0.2, 0.25) is 0 Å². The maximum absolute atomic E-state index is 12.5. The van der Waals surface area contributed by atoms with Crippen LogP contribution in [0.1, 0.15) is 55.8 Å². The zero-order valence-electron chi connectivity index (χ0n) is 18.4. The second kappa shape index (κ2) is 12.0. The summed E-state index contributed by atoms with van der Waals surface area (Å²) < 4.78 is 5.78. The van der Waals surface area contributed by atoms with Gasteiger partial charge in [0.2, 0.25) is 5.91 Å². The number of ether oxygens (including phenoxy) is 1. The number of nitrogens with one attached hydrogen (secondary N) is 2. The van der Waals surface area contributed by atoms with Crippen molar-refractivity contribution in [1.82, 2.24) is 4.90 Å². The maximum atomic E-state index is 12.5. The van der Waals surface area contributed by atoms with Crippen LogP contribution in [0.4, 0.5) is 11.4 Å². The van der Waals surface area contributed by atoms with E-state index >= 15 is 0 Å². The predicted molar refractivity (Wildman–Crippen MR) is 125 cm³/mol. The zero-order chi connectivity index (χ0) is 21.9. The normalized spacial score (nSPS) is 13.1. The van der Waals surface area contributed by atoms with Gasteiger partial charge in [-0.25, -0.2) is 0 Å². The lowest BCUT2D eigenvalue weighted by Gasteiger charge is -2.16. The number of carbonyl (C=O) groups is 2. The second-order valence-corrected chi connectivity index (χ2v) is 7.92. The minimum atomic E-state index is -0.156. The number of anilines is 2. The molecule has 0 atom stereocenters. The van der Waals surface area contributed by atoms with Crippen molar-refractivity contribution >= 4 is 23.2 Å². The lowest BCUT2D eigenvalue weighted by molar-refractivity contribution is -0.114. The first kappa shape index (κ1) is 22.7. The van der Waals surface area contributed by atoms with Crippen molar-refractivity contribution in [2.45, 2.75) is 45.4 Å². The van der Waals surface area contributed by atoms with Gasteiger partial charge in [-0.2, -0.15) is 0 Å². The van der Waals surface area contributed by atoms with Crippen LogP contribution in [0.3, 0.4) is 0 Å². The van der Waals surface area contributed by atoms with E-state index in [1.807, 2.05) is 47.4 Å². The highest BCUT2D eigenvalue weighted by atomic mass is 16.5. The molecule has 2 aromatic carbocycles. The van der Waals surface area contributed by atoms with Gasteiger partial charge in [0.1, 0.15) is 5.75 Å². The molecule has 0 aromatic heterocycles. The fourth-order valence-electron chi connectivity index (χ4n) is 3.64. The van der Waals surface area contributed by atoms with Gasteiger partial charge in [0.15, 0.2) is 0 Å². The van der Waals surface area contributed by atoms with Gasteiger partial charge in [-0.3, -0.25) is 9.59 Å². The number of likely N-dealkylation sites (tertiary alicyclic amines) is 1. The molecule has 0 unspecified atom stereocenters. The molecule has 3 rings (SSSR count). The number of hydrogen-bond acceptors (Lipinski definition) is 4. The van der Waals surface area contributed by atoms with Gasteiger partial charge >= 0.3 is 0 Å². The van der Waals surface area contributed by atoms with E-state index in [1.54, 1.807) is 6.07 Å². The fraction of sp³-hybridized carbons (Fsp3) is 0.440. The molecule has 31 heavy (non-hydrogen) atoms. The lowest BCUT2D eigenvalue weighted by Crippen LogP contribution is -2.27. The van der Waals surface area contributed by atoms with E-state index in [0.29, 0.717) is 17.9 Å². The standard InChI is InChI=1S/C25H33N3O3/c1-2-3-4-7-16-31-23-13-9-12-22(18-23)27-24(29)19-26-21-11-8-10-20(17-21)25(30)28-14-5-6-15-28/h8-13,17-18,26H,2-7,14-16,19H2,1H3,(H,27,29). The Morgan fingerprint density at radius 2 is 1.74 bits per heavy atom. The molecule has 1 aliphatic rings. The van der Waals surface area contributed by atoms with Gasteiger partial charge in [-0.05, 0) is 49.6 Å². The number of carbonyl (C=O) groups excluding carboxylic acids is 2. The van der Waals surface area contributed by atoms with Gasteiger partial charge < -0.3 is 20.3 Å². The molecule has 1 heterocycles. The Morgan fingerprint density at radius 1 is 0.968 bits per heavy atom. The number of benzene rings is 2. The third kappa shape index (κ3) is 7.31. The van der Waals surface area contributed by atoms with E-state index in [-0.39, 0.29) is 18.4 Å². The third-order valence-electron chi connectivity index (χ3n) is 5.34. The molecule has 0 spiro atoms. The van der Waals surface area contributed by atoms with E-state index in [2.05, 4.69) is 17.6 Å². The van der Waals surface area contributed by atoms with Crippen molar-refractivity contribution < 1.29 is 14.3 Å². The summed E-state index contributed by atoms with van der Waals surface area (Å²) in [4.78, 5) is 26.8. The molecule has 2 aromatic rings. The van der Waals surface area contributed by atoms with Crippen LogP contribution in [0.25, 0.3) is 0 Å². The summed E-state index contributed by atoms with van der Waals surface area (Å²) in [6.45, 7) is 4.63. The van der Waals surface area contributed by atoms with E-state index in [1.165, 1.54) is 19.3 Å². The number of unbranched alkanes of at least 4 members (excludes halogenated alkanes) is 3. The van der Waals surface area contributed by atoms with Gasteiger partial charge in [-0.1, -0.05) is 38.3 Å². The van der Waals surface area contributed by atoms with Crippen molar-refractivity contribution in [3.63, 3.8) is 0 Å². The number of hydrogen-bond donors (Lipinski definition) is 2. The molecule has 1 aliphatic heterocycles. The molecule has 2 N–H and O–H groups in total. The molecular weight excluding hydrogens is 390 g/mol. The molecular formula is C25H33N3O3. The van der Waals surface area contributed by atoms with E-state index in [0.717, 1.165) is 43.8 Å². The summed E-state index contributed by atoms with van der Waals surface area (Å²) in [6, 6.07) is 14.8. The van der Waals surface area contributed by atoms with Crippen LogP contribution in [0, 0.1) is 0 Å². The van der Waals surface area contributed by atoms with Gasteiger partial charge in [0.25, 0.3) is 5.91 Å². The quantitative estimate of drug-likeness (QED) is 0.503.